The summed E-state index contributed by atoms with van der Waals surface area (Å²) in [4.78, 5) is 0. The van der Waals surface area contributed by atoms with E-state index in [4.69, 9.17) is 11.6 Å². The van der Waals surface area contributed by atoms with Gasteiger partial charge in [-0.2, -0.15) is 0 Å². The summed E-state index contributed by atoms with van der Waals surface area (Å²) in [5, 5.41) is 4.12. The molecule has 1 N–H and O–H groups in total. The topological polar surface area (TPSA) is 12.0 Å². The molecule has 88 valence electrons. The third-order valence-electron chi connectivity index (χ3n) is 2.84. The molecule has 0 radical (unpaired) electrons. The van der Waals surface area contributed by atoms with E-state index < -0.39 is 0 Å². The smallest absolute Gasteiger partial charge is 0.0637 e. The number of rotatable bonds is 3. The molecule has 1 nitrogen and oxygen atoms in total. The zero-order chi connectivity index (χ0) is 12.3. The van der Waals surface area contributed by atoms with Crippen molar-refractivity contribution in [1.29, 1.82) is 0 Å². The van der Waals surface area contributed by atoms with Gasteiger partial charge in [0.05, 0.1) is 10.7 Å². The van der Waals surface area contributed by atoms with Crippen LogP contribution in [0.4, 0.5) is 5.69 Å². The van der Waals surface area contributed by atoms with E-state index >= 15 is 0 Å². The highest BCUT2D eigenvalue weighted by Gasteiger charge is 2.01. The van der Waals surface area contributed by atoms with E-state index in [9.17, 15) is 0 Å². The highest BCUT2D eigenvalue weighted by molar-refractivity contribution is 6.33. The molecule has 0 saturated carbocycles. The monoisotopic (exact) mass is 245 g/mol. The molecule has 0 aliphatic carbocycles. The average Bonchev–Trinajstić information content (AvgIpc) is 2.30. The van der Waals surface area contributed by atoms with Crippen LogP contribution in [0.3, 0.4) is 0 Å². The number of hydrogen-bond donors (Lipinski definition) is 1. The molecule has 2 aromatic carbocycles. The number of aryl methyl sites for hydroxylation is 2. The summed E-state index contributed by atoms with van der Waals surface area (Å²) < 4.78 is 0. The molecule has 0 heterocycles. The molecular formula is C15H16ClN. The summed E-state index contributed by atoms with van der Waals surface area (Å²) in [6.45, 7) is 5.05. The lowest BCUT2D eigenvalue weighted by molar-refractivity contribution is 1.11. The van der Waals surface area contributed by atoms with Gasteiger partial charge >= 0.3 is 0 Å². The lowest BCUT2D eigenvalue weighted by Gasteiger charge is -2.10. The molecule has 17 heavy (non-hydrogen) atoms. The van der Waals surface area contributed by atoms with E-state index in [2.05, 4.69) is 37.4 Å². The Morgan fingerprint density at radius 1 is 1.06 bits per heavy atom. The van der Waals surface area contributed by atoms with Gasteiger partial charge in [0.25, 0.3) is 0 Å². The summed E-state index contributed by atoms with van der Waals surface area (Å²) in [6, 6.07) is 14.3. The molecule has 0 spiro atoms. The van der Waals surface area contributed by atoms with Gasteiger partial charge in [0.15, 0.2) is 0 Å². The molecular weight excluding hydrogens is 230 g/mol. The van der Waals surface area contributed by atoms with Crippen LogP contribution in [0, 0.1) is 13.8 Å². The predicted molar refractivity (Wildman–Crippen MR) is 74.7 cm³/mol. The minimum absolute atomic E-state index is 0.761. The maximum atomic E-state index is 6.09. The number of halogens is 1. The SMILES string of the molecule is Cc1ccc(CNc2ccccc2Cl)c(C)c1. The van der Waals surface area contributed by atoms with Gasteiger partial charge in [-0.1, -0.05) is 47.5 Å². The quantitative estimate of drug-likeness (QED) is 0.835. The van der Waals surface area contributed by atoms with Crippen LogP contribution in [0.5, 0.6) is 0 Å². The van der Waals surface area contributed by atoms with Crippen LogP contribution in [-0.2, 0) is 6.54 Å². The number of para-hydroxylation sites is 1. The summed E-state index contributed by atoms with van der Waals surface area (Å²) in [5.74, 6) is 0. The number of anilines is 1. The van der Waals surface area contributed by atoms with Crippen LogP contribution < -0.4 is 5.32 Å². The Morgan fingerprint density at radius 3 is 2.53 bits per heavy atom. The minimum atomic E-state index is 0.761. The highest BCUT2D eigenvalue weighted by atomic mass is 35.5. The van der Waals surface area contributed by atoms with Crippen LogP contribution in [0.2, 0.25) is 5.02 Å². The van der Waals surface area contributed by atoms with Gasteiger partial charge < -0.3 is 5.32 Å². The third-order valence-corrected chi connectivity index (χ3v) is 3.17. The first-order chi connectivity index (χ1) is 8.16. The maximum absolute atomic E-state index is 6.09. The van der Waals surface area contributed by atoms with E-state index in [0.717, 1.165) is 17.3 Å². The molecule has 0 saturated heterocycles. The van der Waals surface area contributed by atoms with Crippen molar-refractivity contribution in [3.63, 3.8) is 0 Å². The first-order valence-corrected chi connectivity index (χ1v) is 6.09. The Bertz CT molecular complexity index is 520. The van der Waals surface area contributed by atoms with E-state index in [1.165, 1.54) is 16.7 Å². The molecule has 0 fully saturated rings. The van der Waals surface area contributed by atoms with Crippen molar-refractivity contribution in [2.24, 2.45) is 0 Å². The lowest BCUT2D eigenvalue weighted by atomic mass is 10.1. The molecule has 0 atom stereocenters. The van der Waals surface area contributed by atoms with E-state index in [-0.39, 0.29) is 0 Å². The van der Waals surface area contributed by atoms with Crippen LogP contribution >= 0.6 is 11.6 Å². The van der Waals surface area contributed by atoms with Gasteiger partial charge in [0, 0.05) is 6.54 Å². The summed E-state index contributed by atoms with van der Waals surface area (Å²) in [5.41, 5.74) is 4.89. The van der Waals surface area contributed by atoms with Crippen molar-refractivity contribution in [1.82, 2.24) is 0 Å². The molecule has 0 amide bonds. The molecule has 0 unspecified atom stereocenters. The van der Waals surface area contributed by atoms with Crippen molar-refractivity contribution in [3.05, 3.63) is 64.2 Å². The minimum Gasteiger partial charge on any atom is -0.380 e. The lowest BCUT2D eigenvalue weighted by Crippen LogP contribution is -2.01. The van der Waals surface area contributed by atoms with Gasteiger partial charge in [-0.05, 0) is 37.1 Å². The number of benzene rings is 2. The maximum Gasteiger partial charge on any atom is 0.0637 e. The van der Waals surface area contributed by atoms with Crippen LogP contribution in [0.25, 0.3) is 0 Å². The second-order valence-electron chi connectivity index (χ2n) is 4.26. The summed E-state index contributed by atoms with van der Waals surface area (Å²) in [6.07, 6.45) is 0. The van der Waals surface area contributed by atoms with Crippen molar-refractivity contribution in [2.45, 2.75) is 20.4 Å². The number of nitrogens with one attached hydrogen (secondary N) is 1. The fourth-order valence-electron chi connectivity index (χ4n) is 1.84. The summed E-state index contributed by atoms with van der Waals surface area (Å²) in [7, 11) is 0. The van der Waals surface area contributed by atoms with Crippen molar-refractivity contribution < 1.29 is 0 Å². The zero-order valence-corrected chi connectivity index (χ0v) is 10.9. The van der Waals surface area contributed by atoms with E-state index in [0.29, 0.717) is 0 Å². The summed E-state index contributed by atoms with van der Waals surface area (Å²) >= 11 is 6.09. The Kier molecular flexibility index (Phi) is 3.70. The highest BCUT2D eigenvalue weighted by Crippen LogP contribution is 2.21. The van der Waals surface area contributed by atoms with Gasteiger partial charge in [0.2, 0.25) is 0 Å². The van der Waals surface area contributed by atoms with Crippen LogP contribution in [-0.4, -0.2) is 0 Å². The Hall–Kier alpha value is -1.47. The molecule has 0 bridgehead atoms. The third kappa shape index (κ3) is 3.01. The van der Waals surface area contributed by atoms with Gasteiger partial charge in [-0.25, -0.2) is 0 Å². The van der Waals surface area contributed by atoms with Gasteiger partial charge in [-0.3, -0.25) is 0 Å². The zero-order valence-electron chi connectivity index (χ0n) is 10.1. The van der Waals surface area contributed by atoms with E-state index in [1.807, 2.05) is 24.3 Å². The first-order valence-electron chi connectivity index (χ1n) is 5.71. The fourth-order valence-corrected chi connectivity index (χ4v) is 2.04. The Labute approximate surface area is 107 Å². The van der Waals surface area contributed by atoms with Crippen molar-refractivity contribution >= 4 is 17.3 Å². The first kappa shape index (κ1) is 12.0. The van der Waals surface area contributed by atoms with Crippen LogP contribution in [0.1, 0.15) is 16.7 Å². The normalized spacial score (nSPS) is 10.3. The molecule has 0 aromatic heterocycles. The Morgan fingerprint density at radius 2 is 1.82 bits per heavy atom. The fraction of sp³-hybridized carbons (Fsp3) is 0.200. The van der Waals surface area contributed by atoms with Gasteiger partial charge in [-0.15, -0.1) is 0 Å². The Balaban J connectivity index is 2.10. The second kappa shape index (κ2) is 5.24. The number of hydrogen-bond acceptors (Lipinski definition) is 1. The average molecular weight is 246 g/mol. The second-order valence-corrected chi connectivity index (χ2v) is 4.67. The molecule has 2 rings (SSSR count). The molecule has 2 aromatic rings. The molecule has 2 heteroatoms. The standard InChI is InChI=1S/C15H16ClN/c1-11-7-8-13(12(2)9-11)10-17-15-6-4-3-5-14(15)16/h3-9,17H,10H2,1-2H3. The van der Waals surface area contributed by atoms with Gasteiger partial charge in [0.1, 0.15) is 0 Å². The van der Waals surface area contributed by atoms with Crippen molar-refractivity contribution in [3.8, 4) is 0 Å². The molecule has 0 aliphatic rings. The predicted octanol–water partition coefficient (Wildman–Crippen LogP) is 4.57. The largest absolute Gasteiger partial charge is 0.380 e. The van der Waals surface area contributed by atoms with E-state index in [1.54, 1.807) is 0 Å². The molecule has 0 aliphatic heterocycles. The van der Waals surface area contributed by atoms with Crippen molar-refractivity contribution in [2.75, 3.05) is 5.32 Å². The van der Waals surface area contributed by atoms with Crippen LogP contribution in [0.15, 0.2) is 42.5 Å².